The van der Waals surface area contributed by atoms with E-state index in [1.807, 2.05) is 13.8 Å². The van der Waals surface area contributed by atoms with Gasteiger partial charge in [0.15, 0.2) is 5.82 Å². The highest BCUT2D eigenvalue weighted by Crippen LogP contribution is 2.29. The van der Waals surface area contributed by atoms with E-state index in [1.165, 1.54) is 12.3 Å². The summed E-state index contributed by atoms with van der Waals surface area (Å²) in [4.78, 5) is 31.6. The second-order valence-electron chi connectivity index (χ2n) is 6.42. The number of primary amides is 1. The van der Waals surface area contributed by atoms with E-state index < -0.39 is 17.8 Å². The van der Waals surface area contributed by atoms with Gasteiger partial charge in [-0.1, -0.05) is 0 Å². The number of rotatable bonds is 6. The van der Waals surface area contributed by atoms with Crippen molar-refractivity contribution in [2.45, 2.75) is 26.1 Å². The molecule has 9 nitrogen and oxygen atoms in total. The van der Waals surface area contributed by atoms with E-state index in [4.69, 9.17) is 5.73 Å². The van der Waals surface area contributed by atoms with E-state index in [1.54, 1.807) is 12.1 Å². The molecule has 0 aliphatic carbocycles. The Bertz CT molecular complexity index is 1070. The highest BCUT2D eigenvalue weighted by atomic mass is 19.4. The second kappa shape index (κ2) is 8.27. The van der Waals surface area contributed by atoms with Gasteiger partial charge in [0, 0.05) is 24.1 Å². The molecule has 3 rings (SSSR count). The lowest BCUT2D eigenvalue weighted by molar-refractivity contribution is -0.141. The molecule has 30 heavy (non-hydrogen) atoms. The van der Waals surface area contributed by atoms with Crippen molar-refractivity contribution in [1.29, 1.82) is 0 Å². The maximum atomic E-state index is 12.9. The molecule has 3 heterocycles. The first kappa shape index (κ1) is 20.9. The summed E-state index contributed by atoms with van der Waals surface area (Å²) in [6.45, 7) is 3.71. The smallest absolute Gasteiger partial charge is 0.364 e. The zero-order valence-electron chi connectivity index (χ0n) is 15.9. The first-order valence-electron chi connectivity index (χ1n) is 8.71. The fourth-order valence-electron chi connectivity index (χ4n) is 2.45. The minimum absolute atomic E-state index is 0.0400. The number of nitrogens with one attached hydrogen (secondary N) is 2. The summed E-state index contributed by atoms with van der Waals surface area (Å²) >= 11 is 0. The molecule has 0 spiro atoms. The highest BCUT2D eigenvalue weighted by Gasteiger charge is 2.32. The average molecular weight is 418 g/mol. The summed E-state index contributed by atoms with van der Waals surface area (Å²) in [5, 5.41) is 5.70. The Balaban J connectivity index is 2.06. The van der Waals surface area contributed by atoms with Crippen LogP contribution in [0.3, 0.4) is 0 Å². The van der Waals surface area contributed by atoms with Crippen molar-refractivity contribution in [3.05, 3.63) is 48.0 Å². The number of hydrogen-bond donors (Lipinski definition) is 3. The molecule has 0 radical (unpaired) electrons. The van der Waals surface area contributed by atoms with Gasteiger partial charge in [0.2, 0.25) is 11.9 Å². The lowest BCUT2D eigenvalue weighted by Crippen LogP contribution is -2.17. The van der Waals surface area contributed by atoms with Crippen LogP contribution >= 0.6 is 0 Å². The Labute approximate surface area is 169 Å². The van der Waals surface area contributed by atoms with Crippen LogP contribution in [-0.4, -0.2) is 36.9 Å². The van der Waals surface area contributed by atoms with E-state index in [9.17, 15) is 18.0 Å². The number of halogens is 3. The summed E-state index contributed by atoms with van der Waals surface area (Å²) in [5.41, 5.74) is 4.59. The molecule has 0 saturated carbocycles. The average Bonchev–Trinajstić information content (AvgIpc) is 2.67. The minimum Gasteiger partial charge on any atom is -0.364 e. The fourth-order valence-corrected chi connectivity index (χ4v) is 2.45. The van der Waals surface area contributed by atoms with E-state index >= 15 is 0 Å². The Hall–Kier alpha value is -3.83. The van der Waals surface area contributed by atoms with Crippen LogP contribution in [0.4, 0.5) is 30.8 Å². The van der Waals surface area contributed by atoms with Crippen molar-refractivity contribution in [3.63, 3.8) is 0 Å². The molecule has 12 heteroatoms. The quantitative estimate of drug-likeness (QED) is 0.557. The third-order valence-electron chi connectivity index (χ3n) is 3.64. The van der Waals surface area contributed by atoms with Gasteiger partial charge in [-0.2, -0.15) is 28.1 Å². The predicted octanol–water partition coefficient (Wildman–Crippen LogP) is 3.01. The molecule has 0 saturated heterocycles. The molecule has 0 aliphatic heterocycles. The van der Waals surface area contributed by atoms with Crippen molar-refractivity contribution >= 4 is 23.5 Å². The number of nitrogens with zero attached hydrogens (tertiary/aromatic N) is 5. The summed E-state index contributed by atoms with van der Waals surface area (Å²) < 4.78 is 38.8. The molecule has 1 amide bonds. The molecular formula is C18H17F3N8O. The van der Waals surface area contributed by atoms with Crippen LogP contribution in [0.2, 0.25) is 0 Å². The van der Waals surface area contributed by atoms with Crippen LogP contribution in [0.1, 0.15) is 30.0 Å². The Morgan fingerprint density at radius 2 is 1.80 bits per heavy atom. The highest BCUT2D eigenvalue weighted by molar-refractivity contribution is 5.97. The summed E-state index contributed by atoms with van der Waals surface area (Å²) in [6.07, 6.45) is -2.18. The number of anilines is 3. The Morgan fingerprint density at radius 3 is 2.47 bits per heavy atom. The van der Waals surface area contributed by atoms with Crippen LogP contribution in [0.15, 0.2) is 36.7 Å². The van der Waals surface area contributed by atoms with Crippen LogP contribution in [-0.2, 0) is 6.18 Å². The summed E-state index contributed by atoms with van der Waals surface area (Å²) in [5.74, 6) is -0.589. The van der Waals surface area contributed by atoms with Gasteiger partial charge in [0.25, 0.3) is 5.91 Å². The number of aromatic nitrogens is 5. The SMILES string of the molecule is CC(C)Nc1nc(Nc2ccnc(C(F)(F)F)c2)nc(-c2cccnc2C(N)=O)n1. The van der Waals surface area contributed by atoms with Gasteiger partial charge in [-0.15, -0.1) is 0 Å². The number of carbonyl (C=O) groups is 1. The van der Waals surface area contributed by atoms with Gasteiger partial charge >= 0.3 is 6.18 Å². The van der Waals surface area contributed by atoms with E-state index in [-0.39, 0.29) is 40.7 Å². The number of pyridine rings is 2. The Kier molecular flexibility index (Phi) is 5.76. The predicted molar refractivity (Wildman–Crippen MR) is 103 cm³/mol. The second-order valence-corrected chi connectivity index (χ2v) is 6.42. The molecule has 0 aliphatic rings. The van der Waals surface area contributed by atoms with Crippen molar-refractivity contribution in [2.75, 3.05) is 10.6 Å². The topological polar surface area (TPSA) is 132 Å². The van der Waals surface area contributed by atoms with Gasteiger partial charge in [0.05, 0.1) is 5.56 Å². The zero-order valence-corrected chi connectivity index (χ0v) is 15.9. The maximum Gasteiger partial charge on any atom is 0.433 e. The molecule has 0 unspecified atom stereocenters. The molecule has 0 bridgehead atoms. The van der Waals surface area contributed by atoms with Crippen LogP contribution in [0, 0.1) is 0 Å². The first-order valence-corrected chi connectivity index (χ1v) is 8.71. The lowest BCUT2D eigenvalue weighted by Gasteiger charge is -2.13. The molecule has 3 aromatic heterocycles. The van der Waals surface area contributed by atoms with Crippen LogP contribution in [0.25, 0.3) is 11.4 Å². The molecule has 4 N–H and O–H groups in total. The largest absolute Gasteiger partial charge is 0.433 e. The van der Waals surface area contributed by atoms with Gasteiger partial charge < -0.3 is 16.4 Å². The maximum absolute atomic E-state index is 12.9. The third-order valence-corrected chi connectivity index (χ3v) is 3.64. The molecule has 0 aromatic carbocycles. The van der Waals surface area contributed by atoms with Gasteiger partial charge in [-0.3, -0.25) is 14.8 Å². The van der Waals surface area contributed by atoms with Gasteiger partial charge in [-0.05, 0) is 38.1 Å². The standard InChI is InChI=1S/C18H17F3N8O/c1-9(2)25-16-27-15(11-4-3-6-24-13(11)14(22)30)28-17(29-16)26-10-5-7-23-12(8-10)18(19,20)21/h3-9H,1-2H3,(H2,22,30)(H2,23,25,26,27,28,29). The molecule has 156 valence electrons. The van der Waals surface area contributed by atoms with E-state index in [0.717, 1.165) is 12.3 Å². The van der Waals surface area contributed by atoms with Crippen LogP contribution < -0.4 is 16.4 Å². The number of carbonyl (C=O) groups excluding carboxylic acids is 1. The molecular weight excluding hydrogens is 401 g/mol. The van der Waals surface area contributed by atoms with Crippen molar-refractivity contribution in [2.24, 2.45) is 5.73 Å². The monoisotopic (exact) mass is 418 g/mol. The number of nitrogens with two attached hydrogens (primary N) is 1. The van der Waals surface area contributed by atoms with Crippen molar-refractivity contribution < 1.29 is 18.0 Å². The zero-order chi connectivity index (χ0) is 21.9. The van der Waals surface area contributed by atoms with Gasteiger partial charge in [-0.25, -0.2) is 0 Å². The number of hydrogen-bond acceptors (Lipinski definition) is 8. The van der Waals surface area contributed by atoms with Gasteiger partial charge in [0.1, 0.15) is 11.4 Å². The van der Waals surface area contributed by atoms with Crippen molar-refractivity contribution in [1.82, 2.24) is 24.9 Å². The third kappa shape index (κ3) is 4.96. The van der Waals surface area contributed by atoms with E-state index in [2.05, 4.69) is 35.6 Å². The van der Waals surface area contributed by atoms with Crippen molar-refractivity contribution in [3.8, 4) is 11.4 Å². The first-order chi connectivity index (χ1) is 14.1. The summed E-state index contributed by atoms with van der Waals surface area (Å²) in [7, 11) is 0. The summed E-state index contributed by atoms with van der Waals surface area (Å²) in [6, 6.07) is 5.26. The lowest BCUT2D eigenvalue weighted by atomic mass is 10.1. The molecule has 0 atom stereocenters. The molecule has 0 fully saturated rings. The molecule has 3 aromatic rings. The number of alkyl halides is 3. The van der Waals surface area contributed by atoms with Crippen LogP contribution in [0.5, 0.6) is 0 Å². The fraction of sp³-hybridized carbons (Fsp3) is 0.222. The normalized spacial score (nSPS) is 11.4. The Morgan fingerprint density at radius 1 is 1.07 bits per heavy atom. The van der Waals surface area contributed by atoms with E-state index in [0.29, 0.717) is 0 Å². The number of amides is 1. The minimum atomic E-state index is -4.60.